The van der Waals surface area contributed by atoms with Gasteiger partial charge in [-0.15, -0.1) is 5.73 Å². The lowest BCUT2D eigenvalue weighted by atomic mass is 10.1. The molecule has 0 aromatic carbocycles. The Bertz CT molecular complexity index is 199. The van der Waals surface area contributed by atoms with Crippen LogP contribution in [0.2, 0.25) is 0 Å². The van der Waals surface area contributed by atoms with Crippen molar-refractivity contribution in [3.63, 3.8) is 0 Å². The van der Waals surface area contributed by atoms with Gasteiger partial charge in [-0.1, -0.05) is 13.0 Å². The molecular formula is C8H11NS. The van der Waals surface area contributed by atoms with Gasteiger partial charge >= 0.3 is 0 Å². The minimum atomic E-state index is 0.595. The molecule has 0 fully saturated rings. The number of nitrogens with two attached hydrogens (primary N) is 1. The first-order chi connectivity index (χ1) is 4.83. The highest BCUT2D eigenvalue weighted by Gasteiger charge is 1.99. The summed E-state index contributed by atoms with van der Waals surface area (Å²) in [5.41, 5.74) is 3.06. The molecular weight excluding hydrogens is 142 g/mol. The Hall–Kier alpha value is -0.430. The Kier molecular flexibility index (Phi) is 2.82. The van der Waals surface area contributed by atoms with Gasteiger partial charge < -0.3 is 0 Å². The predicted octanol–water partition coefficient (Wildman–Crippen LogP) is 2.23. The monoisotopic (exact) mass is 153 g/mol. The van der Waals surface area contributed by atoms with Crippen LogP contribution in [0.3, 0.4) is 0 Å². The zero-order chi connectivity index (χ0) is 7.40. The minimum absolute atomic E-state index is 0.595. The van der Waals surface area contributed by atoms with Crippen LogP contribution >= 0.6 is 11.9 Å². The van der Waals surface area contributed by atoms with E-state index < -0.39 is 0 Å². The van der Waals surface area contributed by atoms with E-state index in [9.17, 15) is 0 Å². The van der Waals surface area contributed by atoms with Crippen LogP contribution in [0.4, 0.5) is 0 Å². The van der Waals surface area contributed by atoms with E-state index in [-0.39, 0.29) is 0 Å². The first-order valence-corrected chi connectivity index (χ1v) is 4.20. The summed E-state index contributed by atoms with van der Waals surface area (Å²) in [6, 6.07) is 0. The molecule has 1 aliphatic rings. The number of hydrogen-bond acceptors (Lipinski definition) is 2. The van der Waals surface area contributed by atoms with Crippen LogP contribution < -0.4 is 5.14 Å². The summed E-state index contributed by atoms with van der Waals surface area (Å²) in [6.07, 6.45) is 7.21. The molecule has 54 valence electrons. The first kappa shape index (κ1) is 7.67. The highest BCUT2D eigenvalue weighted by atomic mass is 32.2. The van der Waals surface area contributed by atoms with Crippen LogP contribution in [0.1, 0.15) is 13.3 Å². The third kappa shape index (κ3) is 2.07. The van der Waals surface area contributed by atoms with Crippen molar-refractivity contribution in [1.29, 1.82) is 0 Å². The van der Waals surface area contributed by atoms with E-state index >= 15 is 0 Å². The molecule has 0 bridgehead atoms. The molecule has 1 atom stereocenters. The average Bonchev–Trinajstić information content (AvgIpc) is 2.13. The maximum absolute atomic E-state index is 5.40. The molecule has 0 spiro atoms. The van der Waals surface area contributed by atoms with Gasteiger partial charge in [0.15, 0.2) is 0 Å². The third-order valence-electron chi connectivity index (χ3n) is 1.42. The summed E-state index contributed by atoms with van der Waals surface area (Å²) in [4.78, 5) is 1.11. The fourth-order valence-electron chi connectivity index (χ4n) is 0.865. The molecule has 10 heavy (non-hydrogen) atoms. The van der Waals surface area contributed by atoms with Crippen molar-refractivity contribution in [2.24, 2.45) is 11.1 Å². The van der Waals surface area contributed by atoms with Crippen molar-refractivity contribution < 1.29 is 0 Å². The van der Waals surface area contributed by atoms with Crippen LogP contribution in [0.25, 0.3) is 0 Å². The van der Waals surface area contributed by atoms with Gasteiger partial charge in [0, 0.05) is 4.91 Å². The van der Waals surface area contributed by atoms with E-state index in [1.165, 1.54) is 11.9 Å². The van der Waals surface area contributed by atoms with Crippen molar-refractivity contribution in [1.82, 2.24) is 0 Å². The van der Waals surface area contributed by atoms with Crippen LogP contribution in [-0.4, -0.2) is 0 Å². The number of rotatable bonds is 1. The van der Waals surface area contributed by atoms with Gasteiger partial charge in [0.05, 0.1) is 0 Å². The normalized spacial score (nSPS) is 24.2. The highest BCUT2D eigenvalue weighted by Crippen LogP contribution is 2.17. The van der Waals surface area contributed by atoms with Gasteiger partial charge in [-0.05, 0) is 36.4 Å². The molecule has 1 unspecified atom stereocenters. The molecule has 2 heteroatoms. The van der Waals surface area contributed by atoms with E-state index in [1.807, 2.05) is 12.2 Å². The molecule has 1 aliphatic carbocycles. The van der Waals surface area contributed by atoms with Crippen molar-refractivity contribution in [3.8, 4) is 0 Å². The Morgan fingerprint density at radius 1 is 1.80 bits per heavy atom. The van der Waals surface area contributed by atoms with Gasteiger partial charge in [-0.2, -0.15) is 0 Å². The fraction of sp³-hybridized carbons (Fsp3) is 0.375. The molecule has 1 nitrogen and oxygen atoms in total. The molecule has 0 aromatic rings. The molecule has 1 rings (SSSR count). The van der Waals surface area contributed by atoms with Gasteiger partial charge in [0.2, 0.25) is 0 Å². The number of hydrogen-bond donors (Lipinski definition) is 1. The molecule has 2 N–H and O–H groups in total. The summed E-state index contributed by atoms with van der Waals surface area (Å²) in [5.74, 6) is 0.595. The summed E-state index contributed by atoms with van der Waals surface area (Å²) >= 11 is 1.29. The van der Waals surface area contributed by atoms with Gasteiger partial charge in [-0.3, -0.25) is 5.14 Å². The SMILES string of the molecule is CC1C=C(SN)C=C=CC1. The second-order valence-corrected chi connectivity index (χ2v) is 3.12. The van der Waals surface area contributed by atoms with Crippen LogP contribution in [0, 0.1) is 5.92 Å². The predicted molar refractivity (Wildman–Crippen MR) is 46.3 cm³/mol. The Morgan fingerprint density at radius 3 is 3.30 bits per heavy atom. The topological polar surface area (TPSA) is 26.0 Å². The molecule has 0 amide bonds. The molecule has 0 heterocycles. The van der Waals surface area contributed by atoms with Gasteiger partial charge in [-0.25, -0.2) is 0 Å². The molecule has 0 aromatic heterocycles. The summed E-state index contributed by atoms with van der Waals surface area (Å²) < 4.78 is 0. The van der Waals surface area contributed by atoms with Crippen molar-refractivity contribution >= 4 is 11.9 Å². The lowest BCUT2D eigenvalue weighted by Gasteiger charge is -1.99. The number of allylic oxidation sites excluding steroid dienone is 2. The Balaban J connectivity index is 2.77. The second-order valence-electron chi connectivity index (χ2n) is 2.42. The van der Waals surface area contributed by atoms with Gasteiger partial charge in [0.25, 0.3) is 0 Å². The van der Waals surface area contributed by atoms with Crippen LogP contribution in [-0.2, 0) is 0 Å². The summed E-state index contributed by atoms with van der Waals surface area (Å²) in [7, 11) is 0. The molecule has 0 aliphatic heterocycles. The zero-order valence-electron chi connectivity index (χ0n) is 6.00. The van der Waals surface area contributed by atoms with E-state index in [0.717, 1.165) is 11.3 Å². The molecule has 0 saturated heterocycles. The molecule has 0 radical (unpaired) electrons. The maximum atomic E-state index is 5.40. The van der Waals surface area contributed by atoms with E-state index in [2.05, 4.69) is 18.7 Å². The lowest BCUT2D eigenvalue weighted by molar-refractivity contribution is 0.746. The standard InChI is InChI=1S/C8H11NS/c1-7-4-2-3-5-8(6-7)10-9/h2,5-7H,4,9H2,1H3. The summed E-state index contributed by atoms with van der Waals surface area (Å²) in [6.45, 7) is 2.17. The quantitative estimate of drug-likeness (QED) is 0.462. The van der Waals surface area contributed by atoms with E-state index in [0.29, 0.717) is 5.92 Å². The van der Waals surface area contributed by atoms with Crippen molar-refractivity contribution in [3.05, 3.63) is 28.9 Å². The first-order valence-electron chi connectivity index (χ1n) is 3.32. The third-order valence-corrected chi connectivity index (χ3v) is 1.94. The smallest absolute Gasteiger partial charge is 0.0265 e. The maximum Gasteiger partial charge on any atom is 0.0265 e. The molecule has 0 saturated carbocycles. The Morgan fingerprint density at radius 2 is 2.60 bits per heavy atom. The van der Waals surface area contributed by atoms with Crippen molar-refractivity contribution in [2.45, 2.75) is 13.3 Å². The highest BCUT2D eigenvalue weighted by molar-refractivity contribution is 8.01. The fourth-order valence-corrected chi connectivity index (χ4v) is 1.31. The largest absolute Gasteiger partial charge is 0.274 e. The average molecular weight is 153 g/mol. The van der Waals surface area contributed by atoms with E-state index in [4.69, 9.17) is 5.14 Å². The second kappa shape index (κ2) is 3.67. The van der Waals surface area contributed by atoms with Gasteiger partial charge in [0.1, 0.15) is 0 Å². The Labute approximate surface area is 65.8 Å². The van der Waals surface area contributed by atoms with Crippen LogP contribution in [0.5, 0.6) is 0 Å². The lowest BCUT2D eigenvalue weighted by Crippen LogP contribution is -1.87. The minimum Gasteiger partial charge on any atom is -0.274 e. The summed E-state index contributed by atoms with van der Waals surface area (Å²) in [5, 5.41) is 5.40. The zero-order valence-corrected chi connectivity index (χ0v) is 6.82. The van der Waals surface area contributed by atoms with Crippen LogP contribution in [0.15, 0.2) is 28.9 Å². The van der Waals surface area contributed by atoms with Crippen molar-refractivity contribution in [2.75, 3.05) is 0 Å². The van der Waals surface area contributed by atoms with E-state index in [1.54, 1.807) is 0 Å².